The van der Waals surface area contributed by atoms with E-state index in [1.54, 1.807) is 18.5 Å². The second-order valence-electron chi connectivity index (χ2n) is 2.58. The molecule has 0 amide bonds. The van der Waals surface area contributed by atoms with Gasteiger partial charge in [0, 0.05) is 18.0 Å². The van der Waals surface area contributed by atoms with Crippen LogP contribution in [0.1, 0.15) is 10.5 Å². The van der Waals surface area contributed by atoms with Crippen LogP contribution in [0.15, 0.2) is 23.0 Å². The van der Waals surface area contributed by atoms with E-state index in [0.717, 1.165) is 0 Å². The Kier molecular flexibility index (Phi) is 2.01. The van der Waals surface area contributed by atoms with E-state index < -0.39 is 5.97 Å². The Bertz CT molecular complexity index is 461. The van der Waals surface area contributed by atoms with Gasteiger partial charge in [0.25, 0.3) is 0 Å². The molecule has 0 aliphatic heterocycles. The number of aromatic carboxylic acids is 1. The van der Waals surface area contributed by atoms with Gasteiger partial charge in [-0.05, 0) is 6.07 Å². The lowest BCUT2D eigenvalue weighted by molar-refractivity contribution is 0.0686. The molecule has 2 aromatic rings. The van der Waals surface area contributed by atoms with Crippen LogP contribution in [0.25, 0.3) is 11.3 Å². The molecule has 0 fully saturated rings. The van der Waals surface area contributed by atoms with Crippen molar-refractivity contribution < 1.29 is 14.4 Å². The molecular formula is C8H5ClN2O3. The molecule has 72 valence electrons. The number of carboxylic acid groups (broad SMARTS) is 1. The fraction of sp³-hybridized carbons (Fsp3) is 0. The van der Waals surface area contributed by atoms with Gasteiger partial charge < -0.3 is 14.6 Å². The van der Waals surface area contributed by atoms with Crippen molar-refractivity contribution in [2.75, 3.05) is 0 Å². The summed E-state index contributed by atoms with van der Waals surface area (Å²) in [5, 5.41) is 12.0. The van der Waals surface area contributed by atoms with E-state index in [1.807, 2.05) is 0 Å². The van der Waals surface area contributed by atoms with Crippen molar-refractivity contribution in [3.05, 3.63) is 29.2 Å². The number of hydrogen-bond acceptors (Lipinski definition) is 3. The van der Waals surface area contributed by atoms with Crippen molar-refractivity contribution in [1.82, 2.24) is 10.1 Å². The van der Waals surface area contributed by atoms with Gasteiger partial charge in [0.05, 0.1) is 0 Å². The summed E-state index contributed by atoms with van der Waals surface area (Å²) in [6, 6.07) is 1.71. The molecule has 5 nitrogen and oxygen atoms in total. The molecule has 2 aromatic heterocycles. The number of halogens is 1. The average Bonchev–Trinajstić information content (AvgIpc) is 2.71. The molecule has 0 aromatic carbocycles. The molecule has 0 spiro atoms. The van der Waals surface area contributed by atoms with E-state index in [1.165, 1.54) is 0 Å². The van der Waals surface area contributed by atoms with Gasteiger partial charge in [-0.2, -0.15) is 0 Å². The molecule has 2 N–H and O–H groups in total. The molecule has 0 bridgehead atoms. The maximum atomic E-state index is 10.6. The van der Waals surface area contributed by atoms with Crippen LogP contribution in [0.2, 0.25) is 5.02 Å². The van der Waals surface area contributed by atoms with E-state index in [0.29, 0.717) is 5.56 Å². The lowest BCUT2D eigenvalue weighted by Gasteiger charge is -1.88. The summed E-state index contributed by atoms with van der Waals surface area (Å²) >= 11 is 5.76. The minimum Gasteiger partial charge on any atom is -0.476 e. The smallest absolute Gasteiger partial charge is 0.359 e. The maximum absolute atomic E-state index is 10.6. The molecule has 0 saturated carbocycles. The van der Waals surface area contributed by atoms with E-state index >= 15 is 0 Å². The highest BCUT2D eigenvalue weighted by Gasteiger charge is 2.20. The number of hydrogen-bond donors (Lipinski definition) is 2. The number of rotatable bonds is 2. The highest BCUT2D eigenvalue weighted by atomic mass is 35.5. The predicted octanol–water partition coefficient (Wildman–Crippen LogP) is 2.02. The number of carbonyl (C=O) groups is 1. The van der Waals surface area contributed by atoms with Crippen LogP contribution >= 0.6 is 11.6 Å². The summed E-state index contributed by atoms with van der Waals surface area (Å²) in [6.45, 7) is 0. The van der Waals surface area contributed by atoms with Crippen LogP contribution in [0, 0.1) is 0 Å². The first-order chi connectivity index (χ1) is 6.70. The summed E-state index contributed by atoms with van der Waals surface area (Å²) in [4.78, 5) is 13.4. The first-order valence-corrected chi connectivity index (χ1v) is 4.09. The second kappa shape index (κ2) is 3.19. The third-order valence-corrected chi connectivity index (χ3v) is 2.05. The third-order valence-electron chi connectivity index (χ3n) is 1.70. The van der Waals surface area contributed by atoms with Crippen molar-refractivity contribution in [2.45, 2.75) is 0 Å². The van der Waals surface area contributed by atoms with Crippen molar-refractivity contribution in [3.8, 4) is 11.3 Å². The molecule has 14 heavy (non-hydrogen) atoms. The zero-order valence-electron chi connectivity index (χ0n) is 6.82. The fourth-order valence-corrected chi connectivity index (χ4v) is 1.32. The minimum atomic E-state index is -1.21. The zero-order valence-corrected chi connectivity index (χ0v) is 7.58. The SMILES string of the molecule is O=C(O)c1noc(-c2cc[nH]c2)c1Cl. The zero-order chi connectivity index (χ0) is 10.1. The highest BCUT2D eigenvalue weighted by Crippen LogP contribution is 2.30. The van der Waals surface area contributed by atoms with Crippen LogP contribution in [-0.4, -0.2) is 21.2 Å². The van der Waals surface area contributed by atoms with Crippen molar-refractivity contribution in [1.29, 1.82) is 0 Å². The van der Waals surface area contributed by atoms with E-state index in [2.05, 4.69) is 10.1 Å². The van der Waals surface area contributed by atoms with Gasteiger partial charge in [-0.15, -0.1) is 0 Å². The van der Waals surface area contributed by atoms with Gasteiger partial charge in [-0.25, -0.2) is 4.79 Å². The fourth-order valence-electron chi connectivity index (χ4n) is 1.06. The maximum Gasteiger partial charge on any atom is 0.359 e. The third kappa shape index (κ3) is 1.27. The molecule has 0 saturated heterocycles. The summed E-state index contributed by atoms with van der Waals surface area (Å²) < 4.78 is 4.82. The Hall–Kier alpha value is -1.75. The molecule has 2 rings (SSSR count). The Balaban J connectivity index is 2.52. The quantitative estimate of drug-likeness (QED) is 0.798. The van der Waals surface area contributed by atoms with E-state index in [4.69, 9.17) is 21.2 Å². The molecule has 0 aliphatic rings. The number of carboxylic acids is 1. The Morgan fingerprint density at radius 1 is 1.64 bits per heavy atom. The lowest BCUT2D eigenvalue weighted by atomic mass is 10.2. The van der Waals surface area contributed by atoms with Gasteiger partial charge >= 0.3 is 5.97 Å². The van der Waals surface area contributed by atoms with E-state index in [9.17, 15) is 4.79 Å². The predicted molar refractivity (Wildman–Crippen MR) is 48.3 cm³/mol. The topological polar surface area (TPSA) is 79.1 Å². The largest absolute Gasteiger partial charge is 0.476 e. The summed E-state index contributed by atoms with van der Waals surface area (Å²) in [5.74, 6) is -0.953. The Morgan fingerprint density at radius 3 is 2.93 bits per heavy atom. The van der Waals surface area contributed by atoms with Gasteiger partial charge in [0.15, 0.2) is 5.76 Å². The molecule has 0 atom stereocenters. The van der Waals surface area contributed by atoms with Crippen LogP contribution in [0.4, 0.5) is 0 Å². The first kappa shape index (κ1) is 8.83. The number of aromatic nitrogens is 2. The first-order valence-electron chi connectivity index (χ1n) is 3.72. The molecule has 2 heterocycles. The van der Waals surface area contributed by atoms with Crippen LogP contribution in [0.3, 0.4) is 0 Å². The Labute approximate surface area is 83.3 Å². The molecule has 0 radical (unpaired) electrons. The van der Waals surface area contributed by atoms with Crippen molar-refractivity contribution in [3.63, 3.8) is 0 Å². The molecule has 0 aliphatic carbocycles. The average molecular weight is 213 g/mol. The van der Waals surface area contributed by atoms with Gasteiger partial charge in [-0.1, -0.05) is 16.8 Å². The minimum absolute atomic E-state index is 0.0112. The Morgan fingerprint density at radius 2 is 2.43 bits per heavy atom. The normalized spacial score (nSPS) is 10.4. The number of H-pyrrole nitrogens is 1. The number of nitrogens with one attached hydrogen (secondary N) is 1. The summed E-state index contributed by atoms with van der Waals surface area (Å²) in [7, 11) is 0. The van der Waals surface area contributed by atoms with Gasteiger partial charge in [0.2, 0.25) is 5.69 Å². The monoisotopic (exact) mass is 212 g/mol. The van der Waals surface area contributed by atoms with Crippen molar-refractivity contribution in [2.24, 2.45) is 0 Å². The summed E-state index contributed by atoms with van der Waals surface area (Å²) in [5.41, 5.74) is 0.387. The van der Waals surface area contributed by atoms with Crippen molar-refractivity contribution >= 4 is 17.6 Å². The number of aromatic amines is 1. The standard InChI is InChI=1S/C8H5ClN2O3/c9-5-6(8(12)13)11-14-7(5)4-1-2-10-3-4/h1-3,10H,(H,12,13). The highest BCUT2D eigenvalue weighted by molar-refractivity contribution is 6.35. The van der Waals surface area contributed by atoms with Gasteiger partial charge in [-0.3, -0.25) is 0 Å². The van der Waals surface area contributed by atoms with Crippen LogP contribution in [0.5, 0.6) is 0 Å². The number of nitrogens with zero attached hydrogens (tertiary/aromatic N) is 1. The van der Waals surface area contributed by atoms with Gasteiger partial charge in [0.1, 0.15) is 5.02 Å². The second-order valence-corrected chi connectivity index (χ2v) is 2.96. The molecular weight excluding hydrogens is 208 g/mol. The molecule has 0 unspecified atom stereocenters. The van der Waals surface area contributed by atoms with Crippen LogP contribution < -0.4 is 0 Å². The molecule has 6 heteroatoms. The lowest BCUT2D eigenvalue weighted by Crippen LogP contribution is -1.96. The summed E-state index contributed by atoms with van der Waals surface area (Å²) in [6.07, 6.45) is 3.31. The van der Waals surface area contributed by atoms with Crippen LogP contribution in [-0.2, 0) is 0 Å². The van der Waals surface area contributed by atoms with E-state index in [-0.39, 0.29) is 16.5 Å².